The second-order valence-corrected chi connectivity index (χ2v) is 7.76. The normalized spacial score (nSPS) is 17.6. The summed E-state index contributed by atoms with van der Waals surface area (Å²) >= 11 is 0. The van der Waals surface area contributed by atoms with Crippen molar-refractivity contribution in [3.05, 3.63) is 29.3 Å². The fourth-order valence-corrected chi connectivity index (χ4v) is 3.08. The molecule has 0 radical (unpaired) electrons. The monoisotopic (exact) mass is 411 g/mol. The van der Waals surface area contributed by atoms with E-state index in [-0.39, 0.29) is 17.6 Å². The summed E-state index contributed by atoms with van der Waals surface area (Å²) in [5.74, 6) is -2.31. The van der Waals surface area contributed by atoms with E-state index in [9.17, 15) is 31.1 Å². The lowest BCUT2D eigenvalue weighted by molar-refractivity contribution is -0.167. The van der Waals surface area contributed by atoms with Crippen LogP contribution in [-0.4, -0.2) is 53.6 Å². The Morgan fingerprint density at radius 2 is 1.57 bits per heavy atom. The average molecular weight is 411 g/mol. The van der Waals surface area contributed by atoms with Crippen LogP contribution in [0.1, 0.15) is 31.9 Å². The molecular formula is C18H23F6N3O. The predicted molar refractivity (Wildman–Crippen MR) is 92.7 cm³/mol. The predicted octanol–water partition coefficient (Wildman–Crippen LogP) is 4.12. The number of rotatable bonds is 3. The summed E-state index contributed by atoms with van der Waals surface area (Å²) in [7, 11) is 0. The van der Waals surface area contributed by atoms with Crippen LogP contribution in [0.5, 0.6) is 0 Å². The summed E-state index contributed by atoms with van der Waals surface area (Å²) in [6.07, 6.45) is -9.93. The van der Waals surface area contributed by atoms with E-state index in [0.717, 1.165) is 12.1 Å². The molecule has 2 rings (SSSR count). The first-order valence-corrected chi connectivity index (χ1v) is 8.73. The number of hydrogen-bond donors (Lipinski definition) is 1. The number of halogens is 6. The molecule has 158 valence electrons. The second-order valence-electron chi connectivity index (χ2n) is 7.76. The molecule has 1 aliphatic rings. The summed E-state index contributed by atoms with van der Waals surface area (Å²) in [5.41, 5.74) is -1.66. The lowest BCUT2D eigenvalue weighted by atomic mass is 10.0. The highest BCUT2D eigenvalue weighted by Crippen LogP contribution is 2.35. The number of alkyl halides is 6. The minimum atomic E-state index is -5.18. The van der Waals surface area contributed by atoms with Gasteiger partial charge in [0.1, 0.15) is 0 Å². The maximum atomic E-state index is 13.4. The van der Waals surface area contributed by atoms with Crippen molar-refractivity contribution in [1.29, 1.82) is 0 Å². The van der Waals surface area contributed by atoms with Gasteiger partial charge in [0, 0.05) is 44.0 Å². The maximum absolute atomic E-state index is 13.4. The number of amides is 1. The van der Waals surface area contributed by atoms with Crippen molar-refractivity contribution in [3.8, 4) is 0 Å². The Kier molecular flexibility index (Phi) is 6.34. The van der Waals surface area contributed by atoms with Crippen molar-refractivity contribution in [2.45, 2.75) is 45.2 Å². The van der Waals surface area contributed by atoms with Gasteiger partial charge < -0.3 is 5.32 Å². The molecule has 0 spiro atoms. The van der Waals surface area contributed by atoms with Gasteiger partial charge in [-0.05, 0) is 38.5 Å². The summed E-state index contributed by atoms with van der Waals surface area (Å²) < 4.78 is 77.2. The van der Waals surface area contributed by atoms with Crippen LogP contribution in [-0.2, 0) is 17.5 Å². The molecule has 1 aliphatic heterocycles. The van der Waals surface area contributed by atoms with E-state index < -0.39 is 29.5 Å². The Labute approximate surface area is 159 Å². The highest BCUT2D eigenvalue weighted by atomic mass is 19.4. The summed E-state index contributed by atoms with van der Waals surface area (Å²) in [5, 5.41) is 1.46. The first-order chi connectivity index (χ1) is 12.7. The third-order valence-electron chi connectivity index (χ3n) is 4.65. The number of carbonyl (C=O) groups is 1. The molecule has 0 saturated carbocycles. The zero-order valence-corrected chi connectivity index (χ0v) is 15.8. The van der Waals surface area contributed by atoms with Crippen LogP contribution < -0.4 is 5.32 Å². The number of nitrogens with one attached hydrogen (secondary N) is 1. The topological polar surface area (TPSA) is 35.6 Å². The van der Waals surface area contributed by atoms with Crippen LogP contribution in [0.25, 0.3) is 0 Å². The van der Waals surface area contributed by atoms with E-state index >= 15 is 0 Å². The molecule has 1 amide bonds. The van der Waals surface area contributed by atoms with Crippen LogP contribution in [0.3, 0.4) is 0 Å². The smallest absolute Gasteiger partial charge is 0.318 e. The lowest BCUT2D eigenvalue weighted by Crippen LogP contribution is -2.53. The van der Waals surface area contributed by atoms with Crippen LogP contribution in [0.2, 0.25) is 0 Å². The van der Waals surface area contributed by atoms with Gasteiger partial charge >= 0.3 is 18.3 Å². The van der Waals surface area contributed by atoms with Gasteiger partial charge in [-0.3, -0.25) is 14.6 Å². The Balaban J connectivity index is 2.15. The zero-order valence-electron chi connectivity index (χ0n) is 15.8. The molecule has 4 nitrogen and oxygen atoms in total. The molecule has 1 aromatic rings. The molecule has 0 unspecified atom stereocenters. The summed E-state index contributed by atoms with van der Waals surface area (Å²) in [6, 6.07) is 2.72. The summed E-state index contributed by atoms with van der Waals surface area (Å²) in [6.45, 7) is 8.83. The van der Waals surface area contributed by atoms with Crippen molar-refractivity contribution in [2.75, 3.05) is 31.5 Å². The van der Waals surface area contributed by atoms with E-state index in [1.807, 2.05) is 4.90 Å². The quantitative estimate of drug-likeness (QED) is 0.760. The highest BCUT2D eigenvalue weighted by Gasteiger charge is 2.39. The fourth-order valence-electron chi connectivity index (χ4n) is 3.08. The largest absolute Gasteiger partial charge is 0.471 e. The van der Waals surface area contributed by atoms with Gasteiger partial charge in [0.15, 0.2) is 0 Å². The first-order valence-electron chi connectivity index (χ1n) is 8.73. The molecule has 1 saturated heterocycles. The minimum Gasteiger partial charge on any atom is -0.318 e. The van der Waals surface area contributed by atoms with Gasteiger partial charge in [-0.2, -0.15) is 26.3 Å². The fraction of sp³-hybridized carbons (Fsp3) is 0.611. The minimum absolute atomic E-state index is 0.0262. The number of nitrogens with zero attached hydrogens (tertiary/aromatic N) is 2. The average Bonchev–Trinajstić information content (AvgIpc) is 2.54. The standard InChI is InChI=1S/C18H23F6N3O/c1-16(2,3)27-8-6-26(7-9-27)11-12-4-5-13(10-14(12)17(19,20)21)25-15(28)18(22,23)24/h4-5,10H,6-9,11H2,1-3H3,(H,25,28). The summed E-state index contributed by atoms with van der Waals surface area (Å²) in [4.78, 5) is 15.1. The van der Waals surface area contributed by atoms with Crippen LogP contribution in [0, 0.1) is 0 Å². The van der Waals surface area contributed by atoms with Gasteiger partial charge in [0.05, 0.1) is 5.56 Å². The number of hydrogen-bond acceptors (Lipinski definition) is 3. The second kappa shape index (κ2) is 7.90. The molecule has 1 fully saturated rings. The van der Waals surface area contributed by atoms with Crippen LogP contribution in [0.4, 0.5) is 32.0 Å². The SMILES string of the molecule is CC(C)(C)N1CCN(Cc2ccc(NC(=O)C(F)(F)F)cc2C(F)(F)F)CC1. The van der Waals surface area contributed by atoms with E-state index in [0.29, 0.717) is 32.2 Å². The molecule has 0 aromatic heterocycles. The molecule has 0 atom stereocenters. The number of carbonyl (C=O) groups excluding carboxylic acids is 1. The van der Waals surface area contributed by atoms with E-state index in [2.05, 4.69) is 25.7 Å². The number of anilines is 1. The number of benzene rings is 1. The van der Waals surface area contributed by atoms with Crippen molar-refractivity contribution in [3.63, 3.8) is 0 Å². The maximum Gasteiger partial charge on any atom is 0.471 e. The Hall–Kier alpha value is -1.81. The van der Waals surface area contributed by atoms with Crippen LogP contribution >= 0.6 is 0 Å². The molecule has 10 heteroatoms. The van der Waals surface area contributed by atoms with Gasteiger partial charge in [-0.1, -0.05) is 6.07 Å². The van der Waals surface area contributed by atoms with Crippen molar-refractivity contribution in [2.24, 2.45) is 0 Å². The number of piperazine rings is 1. The molecule has 1 N–H and O–H groups in total. The zero-order chi connectivity index (χ0) is 21.3. The van der Waals surface area contributed by atoms with Crippen molar-refractivity contribution in [1.82, 2.24) is 9.80 Å². The Bertz CT molecular complexity index is 701. The van der Waals surface area contributed by atoms with E-state index in [1.165, 1.54) is 5.32 Å². The van der Waals surface area contributed by atoms with Crippen molar-refractivity contribution < 1.29 is 31.1 Å². The first kappa shape index (κ1) is 22.5. The highest BCUT2D eigenvalue weighted by molar-refractivity contribution is 5.95. The van der Waals surface area contributed by atoms with E-state index in [4.69, 9.17) is 0 Å². The Morgan fingerprint density at radius 3 is 2.04 bits per heavy atom. The molecule has 1 aromatic carbocycles. The third-order valence-corrected chi connectivity index (χ3v) is 4.65. The van der Waals surface area contributed by atoms with Crippen molar-refractivity contribution >= 4 is 11.6 Å². The molecular weight excluding hydrogens is 388 g/mol. The van der Waals surface area contributed by atoms with E-state index in [1.54, 1.807) is 0 Å². The molecule has 0 aliphatic carbocycles. The molecule has 1 heterocycles. The lowest BCUT2D eigenvalue weighted by Gasteiger charge is -2.42. The Morgan fingerprint density at radius 1 is 1.00 bits per heavy atom. The van der Waals surface area contributed by atoms with Gasteiger partial charge in [-0.25, -0.2) is 0 Å². The van der Waals surface area contributed by atoms with Gasteiger partial charge in [0.2, 0.25) is 0 Å². The third kappa shape index (κ3) is 5.84. The van der Waals surface area contributed by atoms with Gasteiger partial charge in [0.25, 0.3) is 0 Å². The van der Waals surface area contributed by atoms with Crippen LogP contribution in [0.15, 0.2) is 18.2 Å². The van der Waals surface area contributed by atoms with Gasteiger partial charge in [-0.15, -0.1) is 0 Å². The molecule has 28 heavy (non-hydrogen) atoms. The molecule has 0 bridgehead atoms.